The SMILES string of the molecule is NC(=O)C1CC(C(=O)NCCCN2CCCCC2)=NN1c1ccc(F)cc1. The minimum absolute atomic E-state index is 0.144. The second-order valence-electron chi connectivity index (χ2n) is 7.00. The predicted octanol–water partition coefficient (Wildman–Crippen LogP) is 1.24. The monoisotopic (exact) mass is 375 g/mol. The third-order valence-electron chi connectivity index (χ3n) is 4.98. The van der Waals surface area contributed by atoms with Crippen LogP contribution in [0.4, 0.5) is 10.1 Å². The summed E-state index contributed by atoms with van der Waals surface area (Å²) < 4.78 is 13.1. The largest absolute Gasteiger partial charge is 0.368 e. The Hall–Kier alpha value is -2.48. The molecule has 1 aromatic carbocycles. The lowest BCUT2D eigenvalue weighted by molar-refractivity contribution is -0.119. The minimum atomic E-state index is -0.746. The van der Waals surface area contributed by atoms with Crippen LogP contribution in [0, 0.1) is 5.82 Å². The van der Waals surface area contributed by atoms with E-state index in [1.165, 1.54) is 48.5 Å². The summed E-state index contributed by atoms with van der Waals surface area (Å²) in [6.45, 7) is 3.80. The first-order chi connectivity index (χ1) is 13.0. The van der Waals surface area contributed by atoms with Gasteiger partial charge < -0.3 is 16.0 Å². The summed E-state index contributed by atoms with van der Waals surface area (Å²) >= 11 is 0. The molecule has 2 amide bonds. The Bertz CT molecular complexity index is 701. The number of carbonyl (C=O) groups excluding carboxylic acids is 2. The van der Waals surface area contributed by atoms with E-state index in [1.807, 2.05) is 0 Å². The Morgan fingerprint density at radius 1 is 1.19 bits per heavy atom. The highest BCUT2D eigenvalue weighted by molar-refractivity contribution is 6.40. The summed E-state index contributed by atoms with van der Waals surface area (Å²) in [5, 5.41) is 8.53. The molecular weight excluding hydrogens is 349 g/mol. The summed E-state index contributed by atoms with van der Waals surface area (Å²) in [6.07, 6.45) is 4.82. The smallest absolute Gasteiger partial charge is 0.267 e. The minimum Gasteiger partial charge on any atom is -0.368 e. The highest BCUT2D eigenvalue weighted by atomic mass is 19.1. The van der Waals surface area contributed by atoms with Gasteiger partial charge in [0.05, 0.1) is 5.69 Å². The Balaban J connectivity index is 1.54. The van der Waals surface area contributed by atoms with Crippen LogP contribution >= 0.6 is 0 Å². The van der Waals surface area contributed by atoms with Crippen LogP contribution in [0.3, 0.4) is 0 Å². The molecule has 0 bridgehead atoms. The molecule has 3 rings (SSSR count). The highest BCUT2D eigenvalue weighted by Crippen LogP contribution is 2.24. The van der Waals surface area contributed by atoms with Gasteiger partial charge in [0.2, 0.25) is 5.91 Å². The van der Waals surface area contributed by atoms with Crippen molar-refractivity contribution < 1.29 is 14.0 Å². The molecule has 2 aliphatic heterocycles. The molecule has 2 aliphatic rings. The van der Waals surface area contributed by atoms with Crippen LogP contribution in [0.15, 0.2) is 29.4 Å². The first kappa shape index (κ1) is 19.3. The molecule has 0 saturated carbocycles. The first-order valence-corrected chi connectivity index (χ1v) is 9.47. The zero-order chi connectivity index (χ0) is 19.2. The molecule has 1 atom stereocenters. The summed E-state index contributed by atoms with van der Waals surface area (Å²) in [4.78, 5) is 26.6. The van der Waals surface area contributed by atoms with Gasteiger partial charge in [-0.3, -0.25) is 14.6 Å². The van der Waals surface area contributed by atoms with Crippen molar-refractivity contribution >= 4 is 23.2 Å². The first-order valence-electron chi connectivity index (χ1n) is 9.47. The number of hydrazone groups is 1. The van der Waals surface area contributed by atoms with Gasteiger partial charge in [0, 0.05) is 13.0 Å². The second-order valence-corrected chi connectivity index (χ2v) is 7.00. The Kier molecular flexibility index (Phi) is 6.39. The Morgan fingerprint density at radius 3 is 2.56 bits per heavy atom. The molecule has 1 fully saturated rings. The van der Waals surface area contributed by atoms with Gasteiger partial charge in [0.15, 0.2) is 0 Å². The Morgan fingerprint density at radius 2 is 1.89 bits per heavy atom. The maximum Gasteiger partial charge on any atom is 0.267 e. The lowest BCUT2D eigenvalue weighted by Gasteiger charge is -2.26. The van der Waals surface area contributed by atoms with Crippen molar-refractivity contribution in [1.82, 2.24) is 10.2 Å². The lowest BCUT2D eigenvalue weighted by Crippen LogP contribution is -2.40. The number of amides is 2. The van der Waals surface area contributed by atoms with E-state index in [-0.39, 0.29) is 23.9 Å². The van der Waals surface area contributed by atoms with E-state index in [2.05, 4.69) is 15.3 Å². The third-order valence-corrected chi connectivity index (χ3v) is 4.98. The molecule has 2 heterocycles. The number of benzene rings is 1. The van der Waals surface area contributed by atoms with E-state index in [0.717, 1.165) is 26.1 Å². The van der Waals surface area contributed by atoms with E-state index < -0.39 is 11.9 Å². The standard InChI is InChI=1S/C19H26FN5O2/c20-14-5-7-15(8-6-14)25-17(18(21)26)13-16(23-25)19(27)22-9-4-12-24-10-2-1-3-11-24/h5-8,17H,1-4,9-13H2,(H2,21,26)(H,22,27). The van der Waals surface area contributed by atoms with Crippen molar-refractivity contribution in [3.8, 4) is 0 Å². The van der Waals surface area contributed by atoms with E-state index in [1.54, 1.807) is 0 Å². The van der Waals surface area contributed by atoms with Crippen LogP contribution in [0.5, 0.6) is 0 Å². The van der Waals surface area contributed by atoms with Crippen molar-refractivity contribution in [2.45, 2.75) is 38.1 Å². The molecule has 7 nitrogen and oxygen atoms in total. The summed E-state index contributed by atoms with van der Waals surface area (Å²) in [7, 11) is 0. The number of halogens is 1. The number of hydrogen-bond donors (Lipinski definition) is 2. The zero-order valence-electron chi connectivity index (χ0n) is 15.4. The lowest BCUT2D eigenvalue weighted by atomic mass is 10.1. The van der Waals surface area contributed by atoms with Crippen LogP contribution in [0.2, 0.25) is 0 Å². The number of nitrogens with two attached hydrogens (primary N) is 1. The molecule has 146 valence electrons. The van der Waals surface area contributed by atoms with Crippen LogP contribution in [-0.2, 0) is 9.59 Å². The number of carbonyl (C=O) groups is 2. The molecule has 3 N–H and O–H groups in total. The van der Waals surface area contributed by atoms with Gasteiger partial charge in [-0.1, -0.05) is 6.42 Å². The van der Waals surface area contributed by atoms with E-state index >= 15 is 0 Å². The number of piperidine rings is 1. The van der Waals surface area contributed by atoms with E-state index in [9.17, 15) is 14.0 Å². The van der Waals surface area contributed by atoms with Crippen molar-refractivity contribution in [2.24, 2.45) is 10.8 Å². The molecule has 8 heteroatoms. The molecule has 1 unspecified atom stereocenters. The summed E-state index contributed by atoms with van der Waals surface area (Å²) in [5.74, 6) is -1.25. The number of primary amides is 1. The van der Waals surface area contributed by atoms with Gasteiger partial charge >= 0.3 is 0 Å². The average molecular weight is 375 g/mol. The van der Waals surface area contributed by atoms with Crippen molar-refractivity contribution in [2.75, 3.05) is 31.2 Å². The fourth-order valence-electron chi connectivity index (χ4n) is 3.49. The third kappa shape index (κ3) is 5.03. The fraction of sp³-hybridized carbons (Fsp3) is 0.526. The maximum atomic E-state index is 13.1. The molecular formula is C19H26FN5O2. The van der Waals surface area contributed by atoms with Crippen LogP contribution in [0.1, 0.15) is 32.1 Å². The molecule has 0 radical (unpaired) electrons. The van der Waals surface area contributed by atoms with Gasteiger partial charge in [0.25, 0.3) is 5.91 Å². The fourth-order valence-corrected chi connectivity index (χ4v) is 3.49. The van der Waals surface area contributed by atoms with Gasteiger partial charge in [-0.15, -0.1) is 0 Å². The van der Waals surface area contributed by atoms with Crippen LogP contribution in [-0.4, -0.2) is 54.6 Å². The highest BCUT2D eigenvalue weighted by Gasteiger charge is 2.34. The average Bonchev–Trinajstić information content (AvgIpc) is 3.12. The number of nitrogens with zero attached hydrogens (tertiary/aromatic N) is 3. The topological polar surface area (TPSA) is 91.0 Å². The molecule has 1 saturated heterocycles. The quantitative estimate of drug-likeness (QED) is 0.702. The number of anilines is 1. The van der Waals surface area contributed by atoms with Crippen LogP contribution < -0.4 is 16.1 Å². The van der Waals surface area contributed by atoms with E-state index in [0.29, 0.717) is 12.2 Å². The normalized spacial score (nSPS) is 20.4. The molecule has 0 spiro atoms. The van der Waals surface area contributed by atoms with Gasteiger partial charge in [-0.05, 0) is 63.2 Å². The molecule has 0 aliphatic carbocycles. The van der Waals surface area contributed by atoms with Crippen molar-refractivity contribution in [3.05, 3.63) is 30.1 Å². The van der Waals surface area contributed by atoms with Gasteiger partial charge in [-0.2, -0.15) is 5.10 Å². The Labute approximate surface area is 158 Å². The number of nitrogens with one attached hydrogen (secondary N) is 1. The molecule has 1 aromatic rings. The van der Waals surface area contributed by atoms with Crippen molar-refractivity contribution in [1.29, 1.82) is 0 Å². The zero-order valence-corrected chi connectivity index (χ0v) is 15.4. The van der Waals surface area contributed by atoms with Crippen LogP contribution in [0.25, 0.3) is 0 Å². The summed E-state index contributed by atoms with van der Waals surface area (Å²) in [6, 6.07) is 4.83. The summed E-state index contributed by atoms with van der Waals surface area (Å²) in [5.41, 5.74) is 6.24. The molecule has 27 heavy (non-hydrogen) atoms. The number of rotatable bonds is 7. The van der Waals surface area contributed by atoms with Gasteiger partial charge in [0.1, 0.15) is 17.6 Å². The number of likely N-dealkylation sites (tertiary alicyclic amines) is 1. The predicted molar refractivity (Wildman–Crippen MR) is 102 cm³/mol. The van der Waals surface area contributed by atoms with E-state index in [4.69, 9.17) is 5.73 Å². The van der Waals surface area contributed by atoms with Crippen molar-refractivity contribution in [3.63, 3.8) is 0 Å². The maximum absolute atomic E-state index is 13.1. The second kappa shape index (κ2) is 8.94. The van der Waals surface area contributed by atoms with Gasteiger partial charge in [-0.25, -0.2) is 4.39 Å². The molecule has 0 aromatic heterocycles. The number of hydrogen-bond acceptors (Lipinski definition) is 5.